The van der Waals surface area contributed by atoms with E-state index in [1.807, 2.05) is 30.3 Å². The van der Waals surface area contributed by atoms with Crippen molar-refractivity contribution in [3.63, 3.8) is 0 Å². The van der Waals surface area contributed by atoms with E-state index in [-0.39, 0.29) is 5.91 Å². The zero-order chi connectivity index (χ0) is 19.2. The van der Waals surface area contributed by atoms with E-state index in [2.05, 4.69) is 10.5 Å². The molecule has 27 heavy (non-hydrogen) atoms. The summed E-state index contributed by atoms with van der Waals surface area (Å²) in [4.78, 5) is 17.7. The van der Waals surface area contributed by atoms with Gasteiger partial charge in [0.2, 0.25) is 6.10 Å². The standard InChI is InChI=1S/C20H21ClN2O4/c1-25-17-12-18(26-2)15(21)10-14(17)16-11-19(27-23-16)20(24)22-9-8-13-6-4-3-5-7-13/h3-7,10,12,19H,8-9,11H2,1-2H3,(H,22,24)/t19-/m1/s1. The van der Waals surface area contributed by atoms with Gasteiger partial charge in [-0.1, -0.05) is 47.1 Å². The summed E-state index contributed by atoms with van der Waals surface area (Å²) < 4.78 is 10.6. The molecule has 1 N–H and O–H groups in total. The summed E-state index contributed by atoms with van der Waals surface area (Å²) in [6.07, 6.45) is 0.437. The molecule has 1 atom stereocenters. The van der Waals surface area contributed by atoms with Crippen molar-refractivity contribution in [2.45, 2.75) is 18.9 Å². The Bertz CT molecular complexity index is 839. The number of hydrogen-bond donors (Lipinski definition) is 1. The van der Waals surface area contributed by atoms with Crippen LogP contribution in [0.2, 0.25) is 5.02 Å². The smallest absolute Gasteiger partial charge is 0.264 e. The first kappa shape index (κ1) is 19.0. The number of methoxy groups -OCH3 is 2. The van der Waals surface area contributed by atoms with Gasteiger partial charge in [0.1, 0.15) is 11.5 Å². The van der Waals surface area contributed by atoms with Crippen molar-refractivity contribution < 1.29 is 19.1 Å². The predicted octanol–water partition coefficient (Wildman–Crippen LogP) is 3.21. The Morgan fingerprint density at radius 1 is 1.22 bits per heavy atom. The van der Waals surface area contributed by atoms with Crippen molar-refractivity contribution in [3.05, 3.63) is 58.6 Å². The molecule has 2 aromatic rings. The van der Waals surface area contributed by atoms with E-state index < -0.39 is 6.10 Å². The van der Waals surface area contributed by atoms with Crippen LogP contribution in [-0.4, -0.2) is 38.5 Å². The van der Waals surface area contributed by atoms with E-state index in [4.69, 9.17) is 25.9 Å². The van der Waals surface area contributed by atoms with Crippen LogP contribution in [0.1, 0.15) is 17.5 Å². The minimum Gasteiger partial charge on any atom is -0.496 e. The number of benzene rings is 2. The van der Waals surface area contributed by atoms with Crippen molar-refractivity contribution in [1.82, 2.24) is 5.32 Å². The van der Waals surface area contributed by atoms with Crippen molar-refractivity contribution in [3.8, 4) is 11.5 Å². The maximum atomic E-state index is 12.3. The third-order valence-electron chi connectivity index (χ3n) is 4.30. The fourth-order valence-electron chi connectivity index (χ4n) is 2.85. The second-order valence-electron chi connectivity index (χ2n) is 6.05. The molecule has 1 aliphatic heterocycles. The molecular weight excluding hydrogens is 368 g/mol. The molecule has 6 nitrogen and oxygen atoms in total. The maximum Gasteiger partial charge on any atom is 0.264 e. The Labute approximate surface area is 163 Å². The third-order valence-corrected chi connectivity index (χ3v) is 4.60. The Morgan fingerprint density at radius 3 is 2.67 bits per heavy atom. The Hall–Kier alpha value is -2.73. The average Bonchev–Trinajstić information content (AvgIpc) is 3.18. The molecule has 0 unspecified atom stereocenters. The summed E-state index contributed by atoms with van der Waals surface area (Å²) in [5.41, 5.74) is 2.46. The van der Waals surface area contributed by atoms with Crippen molar-refractivity contribution in [1.29, 1.82) is 0 Å². The molecule has 0 bridgehead atoms. The molecule has 1 aliphatic rings. The highest BCUT2D eigenvalue weighted by Gasteiger charge is 2.30. The van der Waals surface area contributed by atoms with E-state index in [1.165, 1.54) is 12.7 Å². The monoisotopic (exact) mass is 388 g/mol. The number of ether oxygens (including phenoxy) is 2. The van der Waals surface area contributed by atoms with E-state index in [0.29, 0.717) is 40.8 Å². The van der Waals surface area contributed by atoms with Crippen LogP contribution in [0.5, 0.6) is 11.5 Å². The number of carbonyl (C=O) groups excluding carboxylic acids is 1. The maximum absolute atomic E-state index is 12.3. The second kappa shape index (κ2) is 8.77. The molecule has 0 fully saturated rings. The lowest BCUT2D eigenvalue weighted by molar-refractivity contribution is -0.131. The molecule has 1 heterocycles. The van der Waals surface area contributed by atoms with Gasteiger partial charge >= 0.3 is 0 Å². The third kappa shape index (κ3) is 4.52. The first-order valence-corrected chi connectivity index (χ1v) is 8.96. The fourth-order valence-corrected chi connectivity index (χ4v) is 3.09. The van der Waals surface area contributed by atoms with Gasteiger partial charge < -0.3 is 19.6 Å². The lowest BCUT2D eigenvalue weighted by atomic mass is 10.0. The van der Waals surface area contributed by atoms with E-state index in [0.717, 1.165) is 6.42 Å². The van der Waals surface area contributed by atoms with Gasteiger partial charge in [-0.15, -0.1) is 0 Å². The number of carbonyl (C=O) groups is 1. The fraction of sp³-hybridized carbons (Fsp3) is 0.300. The number of nitrogens with zero attached hydrogens (tertiary/aromatic N) is 1. The Kier molecular flexibility index (Phi) is 6.19. The molecule has 1 amide bonds. The van der Waals surface area contributed by atoms with Gasteiger partial charge in [0, 0.05) is 24.6 Å². The Balaban J connectivity index is 1.59. The minimum atomic E-state index is -0.665. The highest BCUT2D eigenvalue weighted by atomic mass is 35.5. The van der Waals surface area contributed by atoms with Gasteiger partial charge in [-0.3, -0.25) is 4.79 Å². The van der Waals surface area contributed by atoms with Gasteiger partial charge in [0.05, 0.1) is 25.0 Å². The van der Waals surface area contributed by atoms with Gasteiger partial charge in [-0.05, 0) is 18.1 Å². The Morgan fingerprint density at radius 2 is 1.96 bits per heavy atom. The summed E-state index contributed by atoms with van der Waals surface area (Å²) in [5, 5.41) is 7.38. The summed E-state index contributed by atoms with van der Waals surface area (Å²) >= 11 is 6.21. The SMILES string of the molecule is COc1cc(OC)c(C2=NO[C@@H](C(=O)NCCc3ccccc3)C2)cc1Cl. The molecule has 0 saturated carbocycles. The lowest BCUT2D eigenvalue weighted by Crippen LogP contribution is -2.36. The number of amides is 1. The summed E-state index contributed by atoms with van der Waals surface area (Å²) in [5.74, 6) is 0.874. The molecule has 2 aromatic carbocycles. The van der Waals surface area contributed by atoms with E-state index in [1.54, 1.807) is 19.2 Å². The molecule has 0 aliphatic carbocycles. The predicted molar refractivity (Wildman–Crippen MR) is 104 cm³/mol. The van der Waals surface area contributed by atoms with E-state index in [9.17, 15) is 4.79 Å². The van der Waals surface area contributed by atoms with Gasteiger partial charge in [-0.2, -0.15) is 0 Å². The van der Waals surface area contributed by atoms with E-state index >= 15 is 0 Å². The van der Waals surface area contributed by atoms with Crippen LogP contribution in [0.25, 0.3) is 0 Å². The van der Waals surface area contributed by atoms with Crippen LogP contribution in [-0.2, 0) is 16.1 Å². The number of rotatable bonds is 7. The second-order valence-corrected chi connectivity index (χ2v) is 6.46. The molecule has 3 rings (SSSR count). The van der Waals surface area contributed by atoms with Crippen molar-refractivity contribution in [2.24, 2.45) is 5.16 Å². The molecule has 7 heteroatoms. The molecule has 142 valence electrons. The van der Waals surface area contributed by atoms with Gasteiger partial charge in [-0.25, -0.2) is 0 Å². The molecule has 0 saturated heterocycles. The largest absolute Gasteiger partial charge is 0.496 e. The average molecular weight is 389 g/mol. The van der Waals surface area contributed by atoms with Crippen molar-refractivity contribution >= 4 is 23.2 Å². The highest BCUT2D eigenvalue weighted by molar-refractivity contribution is 6.32. The summed E-state index contributed by atoms with van der Waals surface area (Å²) in [6, 6.07) is 13.4. The first-order valence-electron chi connectivity index (χ1n) is 8.58. The van der Waals surface area contributed by atoms with Crippen LogP contribution in [0.4, 0.5) is 0 Å². The zero-order valence-corrected chi connectivity index (χ0v) is 16.0. The topological polar surface area (TPSA) is 69.1 Å². The number of halogens is 1. The molecule has 0 radical (unpaired) electrons. The van der Waals surface area contributed by atoms with Crippen LogP contribution in [0.15, 0.2) is 47.6 Å². The van der Waals surface area contributed by atoms with Crippen LogP contribution >= 0.6 is 11.6 Å². The van der Waals surface area contributed by atoms with Crippen LogP contribution in [0, 0.1) is 0 Å². The normalized spacial score (nSPS) is 15.7. The number of nitrogens with one attached hydrogen (secondary N) is 1. The van der Waals surface area contributed by atoms with Gasteiger partial charge in [0.15, 0.2) is 0 Å². The van der Waals surface area contributed by atoms with Crippen LogP contribution < -0.4 is 14.8 Å². The molecule has 0 aromatic heterocycles. The van der Waals surface area contributed by atoms with Crippen LogP contribution in [0.3, 0.4) is 0 Å². The lowest BCUT2D eigenvalue weighted by Gasteiger charge is -2.12. The number of hydrogen-bond acceptors (Lipinski definition) is 5. The van der Waals surface area contributed by atoms with Gasteiger partial charge in [0.25, 0.3) is 5.91 Å². The molecular formula is C20H21ClN2O4. The van der Waals surface area contributed by atoms with Crippen molar-refractivity contribution in [2.75, 3.05) is 20.8 Å². The minimum absolute atomic E-state index is 0.191. The quantitative estimate of drug-likeness (QED) is 0.790. The highest BCUT2D eigenvalue weighted by Crippen LogP contribution is 2.34. The first-order chi connectivity index (χ1) is 13.1. The number of oxime groups is 1. The summed E-state index contributed by atoms with van der Waals surface area (Å²) in [6.45, 7) is 0.537. The zero-order valence-electron chi connectivity index (χ0n) is 15.2. The molecule has 0 spiro atoms. The summed E-state index contributed by atoms with van der Waals surface area (Å²) in [7, 11) is 3.09.